The van der Waals surface area contributed by atoms with Gasteiger partial charge in [-0.2, -0.15) is 0 Å². The van der Waals surface area contributed by atoms with Gasteiger partial charge in [-0.05, 0) is 32.0 Å². The molecule has 0 radical (unpaired) electrons. The van der Waals surface area contributed by atoms with Crippen LogP contribution < -0.4 is 10.6 Å². The third-order valence-corrected chi connectivity index (χ3v) is 3.63. The third kappa shape index (κ3) is 5.58. The number of fused-ring (bicyclic) bond motifs is 1. The number of nitrogens with zero attached hydrogens (tertiary/aromatic N) is 2. The van der Waals surface area contributed by atoms with E-state index in [4.69, 9.17) is 4.42 Å². The average Bonchev–Trinajstić information content (AvgIpc) is 2.85. The van der Waals surface area contributed by atoms with E-state index in [1.54, 1.807) is 20.2 Å². The third-order valence-electron chi connectivity index (χ3n) is 3.63. The Bertz CT molecular complexity index is 758. The molecule has 1 aromatic carbocycles. The van der Waals surface area contributed by atoms with Crippen LogP contribution in [0.25, 0.3) is 11.0 Å². The SMILES string of the molecule is CCNC(=NCC(=O)N(C)C)NCc1oc2ccc(F)cc2c1C.I. The summed E-state index contributed by atoms with van der Waals surface area (Å²) in [5.41, 5.74) is 1.53. The molecule has 138 valence electrons. The topological polar surface area (TPSA) is 69.9 Å². The molecular weight excluding hydrogens is 438 g/mol. The summed E-state index contributed by atoms with van der Waals surface area (Å²) >= 11 is 0. The summed E-state index contributed by atoms with van der Waals surface area (Å²) in [4.78, 5) is 17.4. The number of rotatable bonds is 5. The van der Waals surface area contributed by atoms with E-state index >= 15 is 0 Å². The van der Waals surface area contributed by atoms with E-state index in [9.17, 15) is 9.18 Å². The lowest BCUT2D eigenvalue weighted by atomic mass is 10.1. The Morgan fingerprint density at radius 3 is 2.68 bits per heavy atom. The molecule has 0 saturated heterocycles. The van der Waals surface area contributed by atoms with Crippen LogP contribution in [0.15, 0.2) is 27.6 Å². The molecule has 25 heavy (non-hydrogen) atoms. The van der Waals surface area contributed by atoms with E-state index in [0.29, 0.717) is 30.4 Å². The van der Waals surface area contributed by atoms with Gasteiger partial charge in [-0.1, -0.05) is 0 Å². The largest absolute Gasteiger partial charge is 0.459 e. The lowest BCUT2D eigenvalue weighted by Crippen LogP contribution is -2.38. The summed E-state index contributed by atoms with van der Waals surface area (Å²) in [5, 5.41) is 6.96. The molecule has 0 aliphatic heterocycles. The Balaban J connectivity index is 0.00000312. The van der Waals surface area contributed by atoms with Gasteiger partial charge in [-0.15, -0.1) is 24.0 Å². The zero-order chi connectivity index (χ0) is 17.7. The number of amides is 1. The van der Waals surface area contributed by atoms with Crippen LogP contribution in [-0.2, 0) is 11.3 Å². The number of aryl methyl sites for hydroxylation is 1. The fraction of sp³-hybridized carbons (Fsp3) is 0.412. The van der Waals surface area contributed by atoms with Gasteiger partial charge in [0, 0.05) is 31.6 Å². The number of hydrogen-bond donors (Lipinski definition) is 2. The first-order valence-electron chi connectivity index (χ1n) is 7.82. The van der Waals surface area contributed by atoms with Gasteiger partial charge in [-0.25, -0.2) is 9.38 Å². The molecular formula is C17H24FIN4O2. The highest BCUT2D eigenvalue weighted by Crippen LogP contribution is 2.25. The maximum Gasteiger partial charge on any atom is 0.243 e. The van der Waals surface area contributed by atoms with Crippen LogP contribution in [-0.4, -0.2) is 44.0 Å². The van der Waals surface area contributed by atoms with Crippen molar-refractivity contribution in [2.75, 3.05) is 27.2 Å². The molecule has 0 aliphatic rings. The van der Waals surface area contributed by atoms with Crippen molar-refractivity contribution in [3.63, 3.8) is 0 Å². The number of furan rings is 1. The Morgan fingerprint density at radius 1 is 1.32 bits per heavy atom. The number of likely N-dealkylation sites (N-methyl/N-ethyl adjacent to an activating group) is 1. The molecule has 1 amide bonds. The van der Waals surface area contributed by atoms with Crippen molar-refractivity contribution >= 4 is 46.8 Å². The zero-order valence-electron chi connectivity index (χ0n) is 14.9. The van der Waals surface area contributed by atoms with E-state index < -0.39 is 0 Å². The molecule has 2 N–H and O–H groups in total. The molecule has 1 aromatic heterocycles. The van der Waals surface area contributed by atoms with Gasteiger partial charge in [-0.3, -0.25) is 4.79 Å². The van der Waals surface area contributed by atoms with Gasteiger partial charge in [0.25, 0.3) is 0 Å². The monoisotopic (exact) mass is 462 g/mol. The maximum atomic E-state index is 13.4. The minimum Gasteiger partial charge on any atom is -0.459 e. The van der Waals surface area contributed by atoms with Crippen LogP contribution in [0.4, 0.5) is 4.39 Å². The number of carbonyl (C=O) groups is 1. The summed E-state index contributed by atoms with van der Waals surface area (Å²) in [6, 6.07) is 4.46. The van der Waals surface area contributed by atoms with Gasteiger partial charge < -0.3 is 20.0 Å². The molecule has 2 rings (SSSR count). The molecule has 2 aromatic rings. The van der Waals surface area contributed by atoms with E-state index in [1.165, 1.54) is 17.0 Å². The van der Waals surface area contributed by atoms with Gasteiger partial charge >= 0.3 is 0 Å². The van der Waals surface area contributed by atoms with Crippen molar-refractivity contribution in [1.29, 1.82) is 0 Å². The predicted molar refractivity (Wildman–Crippen MR) is 108 cm³/mol. The Morgan fingerprint density at radius 2 is 2.04 bits per heavy atom. The van der Waals surface area contributed by atoms with Crippen LogP contribution in [0.2, 0.25) is 0 Å². The number of hydrogen-bond acceptors (Lipinski definition) is 3. The first kappa shape index (κ1) is 21.2. The highest BCUT2D eigenvalue weighted by atomic mass is 127. The number of nitrogens with one attached hydrogen (secondary N) is 2. The van der Waals surface area contributed by atoms with Gasteiger partial charge in [0.15, 0.2) is 5.96 Å². The van der Waals surface area contributed by atoms with Crippen molar-refractivity contribution in [3.05, 3.63) is 35.3 Å². The Labute approximate surface area is 163 Å². The maximum absolute atomic E-state index is 13.4. The van der Waals surface area contributed by atoms with Crippen molar-refractivity contribution in [3.8, 4) is 0 Å². The predicted octanol–water partition coefficient (Wildman–Crippen LogP) is 2.64. The molecule has 6 nitrogen and oxygen atoms in total. The van der Waals surface area contributed by atoms with Crippen LogP contribution in [0, 0.1) is 12.7 Å². The van der Waals surface area contributed by atoms with Crippen molar-refractivity contribution in [1.82, 2.24) is 15.5 Å². The molecule has 0 fully saturated rings. The average molecular weight is 462 g/mol. The van der Waals surface area contributed by atoms with Gasteiger partial charge in [0.2, 0.25) is 5.91 Å². The number of benzene rings is 1. The molecule has 0 spiro atoms. The van der Waals surface area contributed by atoms with Gasteiger partial charge in [0.1, 0.15) is 23.7 Å². The van der Waals surface area contributed by atoms with Crippen LogP contribution in [0.1, 0.15) is 18.2 Å². The zero-order valence-corrected chi connectivity index (χ0v) is 17.2. The Hall–Kier alpha value is -1.84. The number of guanidine groups is 1. The normalized spacial score (nSPS) is 11.2. The lowest BCUT2D eigenvalue weighted by Gasteiger charge is -2.12. The van der Waals surface area contributed by atoms with E-state index in [-0.39, 0.29) is 42.2 Å². The first-order valence-corrected chi connectivity index (χ1v) is 7.82. The molecule has 8 heteroatoms. The molecule has 0 bridgehead atoms. The van der Waals surface area contributed by atoms with Crippen molar-refractivity contribution in [2.24, 2.45) is 4.99 Å². The van der Waals surface area contributed by atoms with Gasteiger partial charge in [0.05, 0.1) is 6.54 Å². The standard InChI is InChI=1S/C17H23FN4O2.HI/c1-5-19-17(21-10-16(23)22(3)4)20-9-15-11(2)13-8-12(18)6-7-14(13)24-15;/h6-8H,5,9-10H2,1-4H3,(H2,19,20,21);1H. The van der Waals surface area contributed by atoms with E-state index in [2.05, 4.69) is 15.6 Å². The van der Waals surface area contributed by atoms with E-state index in [1.807, 2.05) is 13.8 Å². The summed E-state index contributed by atoms with van der Waals surface area (Å²) in [5.74, 6) is 0.865. The molecule has 0 atom stereocenters. The van der Waals surface area contributed by atoms with Crippen LogP contribution in [0.3, 0.4) is 0 Å². The first-order chi connectivity index (χ1) is 11.4. The van der Waals surface area contributed by atoms with Crippen LogP contribution in [0.5, 0.6) is 0 Å². The van der Waals surface area contributed by atoms with Crippen molar-refractivity contribution in [2.45, 2.75) is 20.4 Å². The minimum atomic E-state index is -0.289. The smallest absolute Gasteiger partial charge is 0.243 e. The minimum absolute atomic E-state index is 0. The second-order valence-electron chi connectivity index (χ2n) is 5.63. The lowest BCUT2D eigenvalue weighted by molar-refractivity contribution is -0.127. The molecule has 0 aliphatic carbocycles. The fourth-order valence-electron chi connectivity index (χ4n) is 2.21. The second kappa shape index (κ2) is 9.59. The number of carbonyl (C=O) groups excluding carboxylic acids is 1. The fourth-order valence-corrected chi connectivity index (χ4v) is 2.21. The summed E-state index contributed by atoms with van der Waals surface area (Å²) in [6.45, 7) is 4.96. The molecule has 0 saturated carbocycles. The van der Waals surface area contributed by atoms with Crippen molar-refractivity contribution < 1.29 is 13.6 Å². The summed E-state index contributed by atoms with van der Waals surface area (Å²) < 4.78 is 19.1. The number of aliphatic imine (C=N–C) groups is 1. The summed E-state index contributed by atoms with van der Waals surface area (Å²) in [7, 11) is 3.38. The highest BCUT2D eigenvalue weighted by molar-refractivity contribution is 14.0. The highest BCUT2D eigenvalue weighted by Gasteiger charge is 2.12. The molecule has 1 heterocycles. The summed E-state index contributed by atoms with van der Waals surface area (Å²) in [6.07, 6.45) is 0. The number of halogens is 2. The van der Waals surface area contributed by atoms with Crippen LogP contribution >= 0.6 is 24.0 Å². The quantitative estimate of drug-likeness (QED) is 0.408. The Kier molecular flexibility index (Phi) is 8.14. The second-order valence-corrected chi connectivity index (χ2v) is 5.63. The van der Waals surface area contributed by atoms with E-state index in [0.717, 1.165) is 10.9 Å². The molecule has 0 unspecified atom stereocenters.